The summed E-state index contributed by atoms with van der Waals surface area (Å²) in [6.45, 7) is 1.39. The van der Waals surface area contributed by atoms with E-state index in [4.69, 9.17) is 0 Å². The van der Waals surface area contributed by atoms with Crippen LogP contribution in [0.4, 0.5) is 8.78 Å². The lowest BCUT2D eigenvalue weighted by molar-refractivity contribution is -0.111. The fourth-order valence-electron chi connectivity index (χ4n) is 1.44. The fourth-order valence-corrected chi connectivity index (χ4v) is 1.44. The summed E-state index contributed by atoms with van der Waals surface area (Å²) in [5, 5.41) is 0. The summed E-state index contributed by atoms with van der Waals surface area (Å²) in [6.07, 6.45) is 2.05. The number of alkyl halides is 2. The molecule has 0 aromatic heterocycles. The maximum Gasteiger partial charge on any atom is 0.257 e. The second-order valence-electron chi connectivity index (χ2n) is 3.39. The lowest BCUT2D eigenvalue weighted by Crippen LogP contribution is -2.51. The van der Waals surface area contributed by atoms with Crippen LogP contribution in [-0.4, -0.2) is 36.2 Å². The van der Waals surface area contributed by atoms with Crippen molar-refractivity contribution in [2.75, 3.05) is 13.1 Å². The maximum absolute atomic E-state index is 12.5. The van der Waals surface area contributed by atoms with Crippen molar-refractivity contribution in [3.05, 3.63) is 0 Å². The lowest BCUT2D eigenvalue weighted by atomic mass is 10.00. The molecular formula is C8H13F2NO. The van der Waals surface area contributed by atoms with E-state index >= 15 is 0 Å². The number of likely N-dealkylation sites (tertiary alicyclic amines) is 1. The molecule has 70 valence electrons. The van der Waals surface area contributed by atoms with Crippen molar-refractivity contribution >= 4 is 6.29 Å². The van der Waals surface area contributed by atoms with Crippen LogP contribution >= 0.6 is 0 Å². The van der Waals surface area contributed by atoms with E-state index < -0.39 is 5.92 Å². The van der Waals surface area contributed by atoms with Gasteiger partial charge in [-0.1, -0.05) is 0 Å². The van der Waals surface area contributed by atoms with Crippen LogP contribution in [0.5, 0.6) is 0 Å². The van der Waals surface area contributed by atoms with Crippen molar-refractivity contribution in [1.82, 2.24) is 4.90 Å². The molecule has 1 saturated heterocycles. The monoisotopic (exact) mass is 177 g/mol. The van der Waals surface area contributed by atoms with Crippen molar-refractivity contribution in [2.45, 2.75) is 31.7 Å². The van der Waals surface area contributed by atoms with Gasteiger partial charge in [-0.3, -0.25) is 4.90 Å². The molecule has 0 radical (unpaired) electrons. The Balaban J connectivity index is 2.29. The molecule has 0 aliphatic carbocycles. The summed E-state index contributed by atoms with van der Waals surface area (Å²) < 4.78 is 25.0. The molecule has 1 unspecified atom stereocenters. The minimum Gasteiger partial charge on any atom is -0.303 e. The normalized spacial score (nSPS) is 25.1. The molecule has 1 atom stereocenters. The molecule has 1 aliphatic heterocycles. The highest BCUT2D eigenvalue weighted by Crippen LogP contribution is 2.24. The first-order valence-electron chi connectivity index (χ1n) is 4.08. The topological polar surface area (TPSA) is 20.3 Å². The van der Waals surface area contributed by atoms with Gasteiger partial charge in [-0.25, -0.2) is 8.78 Å². The van der Waals surface area contributed by atoms with Crippen LogP contribution in [0, 0.1) is 0 Å². The number of rotatable bonds is 4. The van der Waals surface area contributed by atoms with Crippen molar-refractivity contribution in [1.29, 1.82) is 0 Å². The standard InChI is InChI=1S/C8H13F2NO/c1-8(9,10)6-11-4-2-7(11)3-5-12/h5,7H,2-4,6H2,1H3. The van der Waals surface area contributed by atoms with E-state index in [9.17, 15) is 13.6 Å². The van der Waals surface area contributed by atoms with Crippen LogP contribution in [0.25, 0.3) is 0 Å². The maximum atomic E-state index is 12.5. The van der Waals surface area contributed by atoms with Gasteiger partial charge < -0.3 is 4.79 Å². The number of halogens is 2. The summed E-state index contributed by atoms with van der Waals surface area (Å²) in [7, 11) is 0. The zero-order valence-electron chi connectivity index (χ0n) is 7.09. The zero-order chi connectivity index (χ0) is 9.19. The Bertz CT molecular complexity index is 167. The van der Waals surface area contributed by atoms with Gasteiger partial charge in [0.05, 0.1) is 6.54 Å². The van der Waals surface area contributed by atoms with Gasteiger partial charge in [0.25, 0.3) is 5.92 Å². The van der Waals surface area contributed by atoms with Gasteiger partial charge in [0, 0.05) is 25.9 Å². The molecule has 1 rings (SSSR count). The van der Waals surface area contributed by atoms with E-state index in [1.807, 2.05) is 0 Å². The summed E-state index contributed by atoms with van der Waals surface area (Å²) >= 11 is 0. The number of aldehydes is 1. The fraction of sp³-hybridized carbons (Fsp3) is 0.875. The van der Waals surface area contributed by atoms with Gasteiger partial charge in [0.15, 0.2) is 0 Å². The zero-order valence-corrected chi connectivity index (χ0v) is 7.09. The molecule has 12 heavy (non-hydrogen) atoms. The number of nitrogens with zero attached hydrogens (tertiary/aromatic N) is 1. The van der Waals surface area contributed by atoms with Gasteiger partial charge in [-0.2, -0.15) is 0 Å². The molecule has 0 bridgehead atoms. The van der Waals surface area contributed by atoms with E-state index in [1.165, 1.54) is 0 Å². The quantitative estimate of drug-likeness (QED) is 0.603. The molecule has 0 N–H and O–H groups in total. The van der Waals surface area contributed by atoms with Crippen molar-refractivity contribution in [3.63, 3.8) is 0 Å². The van der Waals surface area contributed by atoms with Crippen molar-refractivity contribution < 1.29 is 13.6 Å². The highest BCUT2D eigenvalue weighted by molar-refractivity contribution is 5.50. The Morgan fingerprint density at radius 2 is 2.33 bits per heavy atom. The molecule has 1 aliphatic rings. The minimum absolute atomic E-state index is 0.0633. The van der Waals surface area contributed by atoms with Crippen LogP contribution in [0.2, 0.25) is 0 Å². The first-order chi connectivity index (χ1) is 5.53. The highest BCUT2D eigenvalue weighted by Gasteiger charge is 2.34. The predicted octanol–water partition coefficient (Wildman–Crippen LogP) is 1.30. The Labute approximate surface area is 70.5 Å². The highest BCUT2D eigenvalue weighted by atomic mass is 19.3. The number of carbonyl (C=O) groups excluding carboxylic acids is 1. The molecule has 0 aromatic carbocycles. The second kappa shape index (κ2) is 3.47. The van der Waals surface area contributed by atoms with Crippen molar-refractivity contribution in [2.24, 2.45) is 0 Å². The van der Waals surface area contributed by atoms with Gasteiger partial charge in [-0.15, -0.1) is 0 Å². The Kier molecular flexibility index (Phi) is 2.77. The van der Waals surface area contributed by atoms with Gasteiger partial charge in [0.2, 0.25) is 0 Å². The summed E-state index contributed by atoms with van der Waals surface area (Å²) in [6, 6.07) is 0.0633. The predicted molar refractivity (Wildman–Crippen MR) is 41.3 cm³/mol. The average Bonchev–Trinajstić information content (AvgIpc) is 1.92. The van der Waals surface area contributed by atoms with Crippen LogP contribution in [-0.2, 0) is 4.79 Å². The lowest BCUT2D eigenvalue weighted by Gasteiger charge is -2.41. The smallest absolute Gasteiger partial charge is 0.257 e. The number of carbonyl (C=O) groups is 1. The third kappa shape index (κ3) is 2.52. The second-order valence-corrected chi connectivity index (χ2v) is 3.39. The molecule has 0 spiro atoms. The molecule has 1 fully saturated rings. The van der Waals surface area contributed by atoms with E-state index in [1.54, 1.807) is 4.90 Å². The number of hydrogen-bond acceptors (Lipinski definition) is 2. The van der Waals surface area contributed by atoms with Crippen LogP contribution in [0.1, 0.15) is 19.8 Å². The molecule has 0 saturated carbocycles. The van der Waals surface area contributed by atoms with Crippen LogP contribution in [0.15, 0.2) is 0 Å². The van der Waals surface area contributed by atoms with Gasteiger partial charge in [-0.05, 0) is 6.42 Å². The third-order valence-corrected chi connectivity index (χ3v) is 2.11. The molecule has 0 aromatic rings. The van der Waals surface area contributed by atoms with E-state index in [0.717, 1.165) is 19.6 Å². The molecule has 4 heteroatoms. The molecular weight excluding hydrogens is 164 g/mol. The Hall–Kier alpha value is -0.510. The van der Waals surface area contributed by atoms with E-state index in [-0.39, 0.29) is 12.6 Å². The van der Waals surface area contributed by atoms with Gasteiger partial charge in [0.1, 0.15) is 6.29 Å². The summed E-state index contributed by atoms with van der Waals surface area (Å²) in [5.41, 5.74) is 0. The first-order valence-corrected chi connectivity index (χ1v) is 4.08. The van der Waals surface area contributed by atoms with E-state index in [0.29, 0.717) is 13.0 Å². The van der Waals surface area contributed by atoms with E-state index in [2.05, 4.69) is 0 Å². The summed E-state index contributed by atoms with van der Waals surface area (Å²) in [4.78, 5) is 11.8. The molecule has 2 nitrogen and oxygen atoms in total. The molecule has 0 amide bonds. The summed E-state index contributed by atoms with van der Waals surface area (Å²) in [5.74, 6) is -2.64. The van der Waals surface area contributed by atoms with Crippen molar-refractivity contribution in [3.8, 4) is 0 Å². The van der Waals surface area contributed by atoms with Gasteiger partial charge >= 0.3 is 0 Å². The minimum atomic E-state index is -2.64. The molecule has 1 heterocycles. The van der Waals surface area contributed by atoms with Crippen LogP contribution < -0.4 is 0 Å². The largest absolute Gasteiger partial charge is 0.303 e. The average molecular weight is 177 g/mol. The Morgan fingerprint density at radius 3 is 2.67 bits per heavy atom. The first kappa shape index (κ1) is 9.58. The third-order valence-electron chi connectivity index (χ3n) is 2.11. The number of hydrogen-bond donors (Lipinski definition) is 0. The van der Waals surface area contributed by atoms with Crippen LogP contribution in [0.3, 0.4) is 0 Å². The SMILES string of the molecule is CC(F)(F)CN1CCC1CC=O. The Morgan fingerprint density at radius 1 is 1.67 bits per heavy atom.